The molecule has 4 heteroatoms. The standard InChI is InChI=1S/C26H40N2O2/c1-18-5-6-23-22(16-28(4)20-9-13-27-14-10-20)24(8-12-25(18,23)2)26(3)11-7-21(30)15-19(26)17-29/h9-10,13-14,19,21-24,29-30H,1,5-8,11-12,15-17H2,2-4H3/t19-,21+,22+,23+,24+,25-,26+/m1/s1. The van der Waals surface area contributed by atoms with Crippen molar-refractivity contribution in [2.45, 2.75) is 64.9 Å². The van der Waals surface area contributed by atoms with Gasteiger partial charge in [-0.05, 0) is 91.6 Å². The molecule has 4 rings (SSSR count). The molecule has 166 valence electrons. The maximum absolute atomic E-state index is 10.3. The van der Waals surface area contributed by atoms with Crippen molar-refractivity contribution in [2.24, 2.45) is 34.5 Å². The molecule has 3 fully saturated rings. The van der Waals surface area contributed by atoms with Gasteiger partial charge in [-0.1, -0.05) is 26.0 Å². The van der Waals surface area contributed by atoms with E-state index in [9.17, 15) is 10.2 Å². The van der Waals surface area contributed by atoms with Crippen molar-refractivity contribution < 1.29 is 10.2 Å². The van der Waals surface area contributed by atoms with Crippen LogP contribution in [0.25, 0.3) is 0 Å². The second kappa shape index (κ2) is 8.27. The molecule has 0 radical (unpaired) electrons. The van der Waals surface area contributed by atoms with Crippen LogP contribution in [0.4, 0.5) is 5.69 Å². The minimum absolute atomic E-state index is 0.0863. The Bertz CT molecular complexity index is 753. The van der Waals surface area contributed by atoms with Crippen LogP contribution in [0.1, 0.15) is 58.8 Å². The quantitative estimate of drug-likeness (QED) is 0.690. The number of anilines is 1. The average molecular weight is 413 g/mol. The zero-order chi connectivity index (χ0) is 21.5. The second-order valence-electron chi connectivity index (χ2n) is 10.9. The zero-order valence-corrected chi connectivity index (χ0v) is 19.1. The fourth-order valence-electron chi connectivity index (χ4n) is 7.46. The number of aliphatic hydroxyl groups is 2. The van der Waals surface area contributed by atoms with Gasteiger partial charge in [0.15, 0.2) is 0 Å². The highest BCUT2D eigenvalue weighted by Crippen LogP contribution is 2.63. The van der Waals surface area contributed by atoms with Gasteiger partial charge in [0.2, 0.25) is 0 Å². The Balaban J connectivity index is 1.67. The summed E-state index contributed by atoms with van der Waals surface area (Å²) in [5, 5.41) is 20.5. The van der Waals surface area contributed by atoms with Crippen LogP contribution in [0.5, 0.6) is 0 Å². The number of pyridine rings is 1. The summed E-state index contributed by atoms with van der Waals surface area (Å²) in [5.74, 6) is 1.97. The fraction of sp³-hybridized carbons (Fsp3) is 0.731. The van der Waals surface area contributed by atoms with Gasteiger partial charge in [0.25, 0.3) is 0 Å². The van der Waals surface area contributed by atoms with Gasteiger partial charge in [-0.2, -0.15) is 0 Å². The summed E-state index contributed by atoms with van der Waals surface area (Å²) in [6.07, 6.45) is 10.9. The number of hydrogen-bond donors (Lipinski definition) is 2. The summed E-state index contributed by atoms with van der Waals surface area (Å²) in [4.78, 5) is 6.59. The molecule has 0 aromatic carbocycles. The van der Waals surface area contributed by atoms with E-state index in [0.29, 0.717) is 17.8 Å². The second-order valence-corrected chi connectivity index (χ2v) is 10.9. The molecule has 0 bridgehead atoms. The molecular weight excluding hydrogens is 372 g/mol. The normalized spacial score (nSPS) is 41.5. The number of rotatable bonds is 5. The molecule has 3 saturated carbocycles. The van der Waals surface area contributed by atoms with Crippen molar-refractivity contribution in [3.63, 3.8) is 0 Å². The van der Waals surface area contributed by atoms with Crippen LogP contribution in [0.15, 0.2) is 36.7 Å². The third-order valence-electron chi connectivity index (χ3n) is 9.55. The molecule has 7 atom stereocenters. The maximum Gasteiger partial charge on any atom is 0.0544 e. The first-order chi connectivity index (χ1) is 14.3. The number of hydrogen-bond acceptors (Lipinski definition) is 4. The van der Waals surface area contributed by atoms with Crippen molar-refractivity contribution >= 4 is 5.69 Å². The van der Waals surface area contributed by atoms with Crippen molar-refractivity contribution in [2.75, 3.05) is 25.1 Å². The molecule has 3 aliphatic rings. The highest BCUT2D eigenvalue weighted by Gasteiger charge is 2.56. The number of aromatic nitrogens is 1. The third kappa shape index (κ3) is 3.60. The van der Waals surface area contributed by atoms with Crippen LogP contribution in [0, 0.1) is 34.5 Å². The Morgan fingerprint density at radius 3 is 2.57 bits per heavy atom. The summed E-state index contributed by atoms with van der Waals surface area (Å²) in [5.41, 5.74) is 3.00. The molecule has 0 amide bonds. The van der Waals surface area contributed by atoms with Crippen LogP contribution in [0.3, 0.4) is 0 Å². The average Bonchev–Trinajstić information content (AvgIpc) is 3.05. The molecule has 30 heavy (non-hydrogen) atoms. The van der Waals surface area contributed by atoms with Gasteiger partial charge in [-0.25, -0.2) is 0 Å². The summed E-state index contributed by atoms with van der Waals surface area (Å²) >= 11 is 0. The van der Waals surface area contributed by atoms with E-state index in [0.717, 1.165) is 32.2 Å². The molecule has 3 aliphatic carbocycles. The van der Waals surface area contributed by atoms with Crippen LogP contribution >= 0.6 is 0 Å². The monoisotopic (exact) mass is 412 g/mol. The molecule has 0 aliphatic heterocycles. The molecule has 0 saturated heterocycles. The smallest absolute Gasteiger partial charge is 0.0544 e. The predicted molar refractivity (Wildman–Crippen MR) is 122 cm³/mol. The lowest BCUT2D eigenvalue weighted by Crippen LogP contribution is -2.53. The van der Waals surface area contributed by atoms with Crippen LogP contribution in [0.2, 0.25) is 0 Å². The summed E-state index contributed by atoms with van der Waals surface area (Å²) in [6, 6.07) is 4.19. The SMILES string of the molecule is C=C1CC[C@H]2[C@H](CN(C)c3ccncc3)[C@@H]([C@@]3(C)CC[C@H](O)C[C@@H]3CO)CC[C@]12C. The van der Waals surface area contributed by atoms with Crippen molar-refractivity contribution in [1.82, 2.24) is 4.98 Å². The van der Waals surface area contributed by atoms with Crippen molar-refractivity contribution in [3.05, 3.63) is 36.7 Å². The van der Waals surface area contributed by atoms with Gasteiger partial charge in [0, 0.05) is 38.3 Å². The third-order valence-corrected chi connectivity index (χ3v) is 9.55. The topological polar surface area (TPSA) is 56.6 Å². The Kier molecular flexibility index (Phi) is 6.02. The number of nitrogens with zero attached hydrogens (tertiary/aromatic N) is 2. The summed E-state index contributed by atoms with van der Waals surface area (Å²) in [7, 11) is 2.21. The number of fused-ring (bicyclic) bond motifs is 1. The Hall–Kier alpha value is -1.39. The number of allylic oxidation sites excluding steroid dienone is 1. The Morgan fingerprint density at radius 1 is 1.13 bits per heavy atom. The maximum atomic E-state index is 10.3. The highest BCUT2D eigenvalue weighted by molar-refractivity contribution is 5.43. The van der Waals surface area contributed by atoms with Gasteiger partial charge in [-0.15, -0.1) is 0 Å². The first-order valence-corrected chi connectivity index (χ1v) is 11.9. The molecule has 4 nitrogen and oxygen atoms in total. The van der Waals surface area contributed by atoms with Gasteiger partial charge in [0.05, 0.1) is 6.10 Å². The van der Waals surface area contributed by atoms with E-state index in [1.165, 1.54) is 30.5 Å². The largest absolute Gasteiger partial charge is 0.396 e. The lowest BCUT2D eigenvalue weighted by Gasteiger charge is -2.57. The van der Waals surface area contributed by atoms with Gasteiger partial charge in [0.1, 0.15) is 0 Å². The van der Waals surface area contributed by atoms with E-state index in [1.54, 1.807) is 0 Å². The molecular formula is C26H40N2O2. The van der Waals surface area contributed by atoms with E-state index in [-0.39, 0.29) is 29.5 Å². The first kappa shape index (κ1) is 21.8. The zero-order valence-electron chi connectivity index (χ0n) is 19.1. The molecule has 0 unspecified atom stereocenters. The highest BCUT2D eigenvalue weighted by atomic mass is 16.3. The lowest BCUT2D eigenvalue weighted by molar-refractivity contribution is -0.0918. The van der Waals surface area contributed by atoms with E-state index in [4.69, 9.17) is 0 Å². The first-order valence-electron chi connectivity index (χ1n) is 11.9. The molecule has 0 spiro atoms. The molecule has 1 aromatic heterocycles. The summed E-state index contributed by atoms with van der Waals surface area (Å²) in [6.45, 7) is 10.6. The lowest BCUT2D eigenvalue weighted by atomic mass is 9.49. The van der Waals surface area contributed by atoms with Crippen LogP contribution < -0.4 is 4.90 Å². The molecule has 2 N–H and O–H groups in total. The van der Waals surface area contributed by atoms with Gasteiger partial charge >= 0.3 is 0 Å². The Morgan fingerprint density at radius 2 is 1.87 bits per heavy atom. The minimum Gasteiger partial charge on any atom is -0.396 e. The minimum atomic E-state index is -0.256. The van der Waals surface area contributed by atoms with Crippen molar-refractivity contribution in [1.29, 1.82) is 0 Å². The van der Waals surface area contributed by atoms with E-state index >= 15 is 0 Å². The van der Waals surface area contributed by atoms with Crippen molar-refractivity contribution in [3.8, 4) is 0 Å². The van der Waals surface area contributed by atoms with Crippen LogP contribution in [-0.2, 0) is 0 Å². The molecule has 1 heterocycles. The molecule has 1 aromatic rings. The fourth-order valence-corrected chi connectivity index (χ4v) is 7.46. The Labute approximate surface area is 182 Å². The van der Waals surface area contributed by atoms with E-state index < -0.39 is 0 Å². The van der Waals surface area contributed by atoms with E-state index in [1.807, 2.05) is 12.4 Å². The van der Waals surface area contributed by atoms with Crippen LogP contribution in [-0.4, -0.2) is 41.5 Å². The number of aliphatic hydroxyl groups excluding tert-OH is 2. The van der Waals surface area contributed by atoms with Gasteiger partial charge < -0.3 is 15.1 Å². The van der Waals surface area contributed by atoms with Gasteiger partial charge in [-0.3, -0.25) is 4.98 Å². The van der Waals surface area contributed by atoms with E-state index in [2.05, 4.69) is 49.5 Å². The predicted octanol–water partition coefficient (Wildman–Crippen LogP) is 4.68. The summed E-state index contributed by atoms with van der Waals surface area (Å²) < 4.78 is 0.